The average molecular weight is 467 g/mol. The maximum atomic E-state index is 9.54. The number of methoxy groups -OCH3 is 1. The van der Waals surface area contributed by atoms with Crippen LogP contribution in [0.5, 0.6) is 11.5 Å². The SMILES string of the molecule is COc1ccc([C@H](CNc2oc(COc3ccc(Cl)cc3)nc2C#N)N2CCCCC2)cc1. The minimum atomic E-state index is 0.117. The molecule has 1 aromatic heterocycles. The zero-order chi connectivity index (χ0) is 23.0. The fourth-order valence-corrected chi connectivity index (χ4v) is 4.13. The van der Waals surface area contributed by atoms with Crippen LogP contribution < -0.4 is 14.8 Å². The smallest absolute Gasteiger partial charge is 0.236 e. The highest BCUT2D eigenvalue weighted by Gasteiger charge is 2.24. The van der Waals surface area contributed by atoms with Crippen molar-refractivity contribution in [2.45, 2.75) is 31.9 Å². The summed E-state index contributed by atoms with van der Waals surface area (Å²) in [6.45, 7) is 2.79. The van der Waals surface area contributed by atoms with E-state index >= 15 is 0 Å². The van der Waals surface area contributed by atoms with E-state index in [-0.39, 0.29) is 18.3 Å². The Labute approximate surface area is 198 Å². The summed E-state index contributed by atoms with van der Waals surface area (Å²) in [6, 6.07) is 17.4. The molecule has 1 fully saturated rings. The third-order valence-corrected chi connectivity index (χ3v) is 5.99. The van der Waals surface area contributed by atoms with E-state index in [1.165, 1.54) is 24.8 Å². The second-order valence-corrected chi connectivity index (χ2v) is 8.34. The lowest BCUT2D eigenvalue weighted by atomic mass is 10.0. The van der Waals surface area contributed by atoms with Crippen LogP contribution in [0, 0.1) is 11.3 Å². The molecule has 4 rings (SSSR count). The van der Waals surface area contributed by atoms with Crippen LogP contribution >= 0.6 is 11.6 Å². The summed E-state index contributed by atoms with van der Waals surface area (Å²) in [4.78, 5) is 6.75. The maximum absolute atomic E-state index is 9.54. The molecule has 7 nitrogen and oxygen atoms in total. The summed E-state index contributed by atoms with van der Waals surface area (Å²) in [5.41, 5.74) is 1.41. The van der Waals surface area contributed by atoms with Crippen molar-refractivity contribution in [3.8, 4) is 17.6 Å². The molecule has 0 radical (unpaired) electrons. The van der Waals surface area contributed by atoms with Crippen molar-refractivity contribution in [2.24, 2.45) is 0 Å². The van der Waals surface area contributed by atoms with Crippen LogP contribution in [0.1, 0.15) is 42.5 Å². The Kier molecular flexibility index (Phi) is 7.71. The number of anilines is 1. The number of aromatic nitrogens is 1. The quantitative estimate of drug-likeness (QED) is 0.450. The standard InChI is InChI=1S/C25H27ClN4O3/c1-31-20-9-5-18(6-10-20)23(30-13-3-2-4-14-30)16-28-25-22(15-27)29-24(33-25)17-32-21-11-7-19(26)8-12-21/h5-12,23,28H,2-4,13-14,16-17H2,1H3/t23-/m0/s1. The van der Waals surface area contributed by atoms with E-state index in [9.17, 15) is 5.26 Å². The minimum Gasteiger partial charge on any atom is -0.497 e. The molecule has 1 aliphatic heterocycles. The molecule has 0 unspecified atom stereocenters. The molecule has 1 N–H and O–H groups in total. The number of halogens is 1. The largest absolute Gasteiger partial charge is 0.497 e. The van der Waals surface area contributed by atoms with Gasteiger partial charge >= 0.3 is 0 Å². The number of rotatable bonds is 9. The molecule has 0 amide bonds. The highest BCUT2D eigenvalue weighted by molar-refractivity contribution is 6.30. The van der Waals surface area contributed by atoms with E-state index in [1.54, 1.807) is 31.4 Å². The Morgan fingerprint density at radius 2 is 1.79 bits per heavy atom. The molecule has 172 valence electrons. The number of oxazole rings is 1. The number of benzene rings is 2. The van der Waals surface area contributed by atoms with Gasteiger partial charge in [-0.15, -0.1) is 0 Å². The van der Waals surface area contributed by atoms with Crippen molar-refractivity contribution < 1.29 is 13.9 Å². The van der Waals surface area contributed by atoms with Crippen LogP contribution in [0.3, 0.4) is 0 Å². The number of nitrogens with zero attached hydrogens (tertiary/aromatic N) is 3. The van der Waals surface area contributed by atoms with Crippen LogP contribution in [0.4, 0.5) is 5.88 Å². The Hall–Kier alpha value is -3.21. The molecule has 2 aromatic carbocycles. The summed E-state index contributed by atoms with van der Waals surface area (Å²) >= 11 is 5.91. The monoisotopic (exact) mass is 466 g/mol. The number of piperidine rings is 1. The average Bonchev–Trinajstić information content (AvgIpc) is 3.27. The van der Waals surface area contributed by atoms with Crippen LogP contribution in [-0.4, -0.2) is 36.6 Å². The lowest BCUT2D eigenvalue weighted by molar-refractivity contribution is 0.170. The molecule has 3 aromatic rings. The first-order valence-corrected chi connectivity index (χ1v) is 11.4. The predicted octanol–water partition coefficient (Wildman–Crippen LogP) is 5.43. The van der Waals surface area contributed by atoms with Gasteiger partial charge in [0.15, 0.2) is 6.61 Å². The lowest BCUT2D eigenvalue weighted by Crippen LogP contribution is -2.37. The number of nitriles is 1. The summed E-state index contributed by atoms with van der Waals surface area (Å²) in [5.74, 6) is 2.18. The highest BCUT2D eigenvalue weighted by Crippen LogP contribution is 2.28. The first-order valence-electron chi connectivity index (χ1n) is 11.1. The normalized spacial score (nSPS) is 14.9. The molecule has 2 heterocycles. The molecule has 1 atom stereocenters. The van der Waals surface area contributed by atoms with Gasteiger partial charge in [-0.1, -0.05) is 30.2 Å². The zero-order valence-corrected chi connectivity index (χ0v) is 19.3. The van der Waals surface area contributed by atoms with E-state index in [2.05, 4.69) is 33.4 Å². The fraction of sp³-hybridized carbons (Fsp3) is 0.360. The van der Waals surface area contributed by atoms with E-state index < -0.39 is 0 Å². The summed E-state index contributed by atoms with van der Waals surface area (Å²) < 4.78 is 16.8. The van der Waals surface area contributed by atoms with Crippen molar-refractivity contribution in [3.63, 3.8) is 0 Å². The topological polar surface area (TPSA) is 83.5 Å². The van der Waals surface area contributed by atoms with E-state index in [0.717, 1.165) is 18.8 Å². The highest BCUT2D eigenvalue weighted by atomic mass is 35.5. The van der Waals surface area contributed by atoms with Gasteiger partial charge < -0.3 is 19.2 Å². The van der Waals surface area contributed by atoms with Crippen molar-refractivity contribution in [1.82, 2.24) is 9.88 Å². The predicted molar refractivity (Wildman–Crippen MR) is 127 cm³/mol. The Morgan fingerprint density at radius 3 is 2.45 bits per heavy atom. The number of ether oxygens (including phenoxy) is 2. The first-order chi connectivity index (χ1) is 16.2. The second kappa shape index (κ2) is 11.1. The fourth-order valence-electron chi connectivity index (χ4n) is 4.00. The number of hydrogen-bond acceptors (Lipinski definition) is 7. The molecule has 1 saturated heterocycles. The number of likely N-dealkylation sites (tertiary alicyclic amines) is 1. The maximum Gasteiger partial charge on any atom is 0.236 e. The van der Waals surface area contributed by atoms with Crippen molar-refractivity contribution in [1.29, 1.82) is 5.26 Å². The van der Waals surface area contributed by atoms with Gasteiger partial charge in [0.25, 0.3) is 0 Å². The number of nitrogens with one attached hydrogen (secondary N) is 1. The van der Waals surface area contributed by atoms with Gasteiger partial charge in [0.1, 0.15) is 17.6 Å². The van der Waals surface area contributed by atoms with E-state index in [4.69, 9.17) is 25.5 Å². The summed E-state index contributed by atoms with van der Waals surface area (Å²) in [7, 11) is 1.67. The molecule has 0 spiro atoms. The Morgan fingerprint density at radius 1 is 1.09 bits per heavy atom. The Balaban J connectivity index is 1.46. The number of hydrogen-bond donors (Lipinski definition) is 1. The molecule has 0 aliphatic carbocycles. The van der Waals surface area contributed by atoms with Gasteiger partial charge in [-0.3, -0.25) is 4.90 Å². The van der Waals surface area contributed by atoms with Crippen LogP contribution in [0.25, 0.3) is 0 Å². The van der Waals surface area contributed by atoms with Gasteiger partial charge in [0.05, 0.1) is 13.2 Å². The van der Waals surface area contributed by atoms with Crippen LogP contribution in [0.15, 0.2) is 52.9 Å². The van der Waals surface area contributed by atoms with Gasteiger partial charge in [-0.05, 0) is 67.9 Å². The zero-order valence-electron chi connectivity index (χ0n) is 18.6. The third kappa shape index (κ3) is 5.98. The van der Waals surface area contributed by atoms with Crippen LogP contribution in [0.2, 0.25) is 5.02 Å². The van der Waals surface area contributed by atoms with Crippen LogP contribution in [-0.2, 0) is 6.61 Å². The van der Waals surface area contributed by atoms with Gasteiger partial charge in [0.2, 0.25) is 17.5 Å². The van der Waals surface area contributed by atoms with Gasteiger partial charge in [0, 0.05) is 11.6 Å². The summed E-state index contributed by atoms with van der Waals surface area (Å²) in [6.07, 6.45) is 3.63. The molecule has 0 bridgehead atoms. The van der Waals surface area contributed by atoms with Crippen molar-refractivity contribution in [2.75, 3.05) is 32.1 Å². The van der Waals surface area contributed by atoms with E-state index in [0.29, 0.717) is 29.1 Å². The molecule has 1 aliphatic rings. The minimum absolute atomic E-state index is 0.117. The third-order valence-electron chi connectivity index (χ3n) is 5.74. The molecule has 8 heteroatoms. The van der Waals surface area contributed by atoms with E-state index in [1.807, 2.05) is 12.1 Å². The van der Waals surface area contributed by atoms with Crippen molar-refractivity contribution >= 4 is 17.5 Å². The first kappa shape index (κ1) is 23.0. The summed E-state index contributed by atoms with van der Waals surface area (Å²) in [5, 5.41) is 13.5. The second-order valence-electron chi connectivity index (χ2n) is 7.91. The molecule has 33 heavy (non-hydrogen) atoms. The lowest BCUT2D eigenvalue weighted by Gasteiger charge is -2.35. The van der Waals surface area contributed by atoms with Gasteiger partial charge in [-0.25, -0.2) is 0 Å². The molecular weight excluding hydrogens is 440 g/mol. The van der Waals surface area contributed by atoms with Crippen molar-refractivity contribution in [3.05, 3.63) is 70.7 Å². The Bertz CT molecular complexity index is 1070. The van der Waals surface area contributed by atoms with Gasteiger partial charge in [-0.2, -0.15) is 10.2 Å². The molecular formula is C25H27ClN4O3. The molecule has 0 saturated carbocycles.